The zero-order valence-corrected chi connectivity index (χ0v) is 19.2. The van der Waals surface area contributed by atoms with E-state index in [1.165, 1.54) is 13.0 Å². The Morgan fingerprint density at radius 1 is 0.939 bits per heavy atom. The van der Waals surface area contributed by atoms with E-state index in [2.05, 4.69) is 16.0 Å². The number of nitrogens with one attached hydrogen (secondary N) is 3. The predicted octanol–water partition coefficient (Wildman–Crippen LogP) is 3.40. The molecule has 0 saturated heterocycles. The lowest BCUT2D eigenvalue weighted by Crippen LogP contribution is -2.35. The van der Waals surface area contributed by atoms with E-state index in [-0.39, 0.29) is 24.8 Å². The molecule has 33 heavy (non-hydrogen) atoms. The molecular weight excluding hydrogens is 426 g/mol. The average Bonchev–Trinajstić information content (AvgIpc) is 2.71. The lowest BCUT2D eigenvalue weighted by Gasteiger charge is -2.19. The third kappa shape index (κ3) is 9.86. The van der Waals surface area contributed by atoms with E-state index in [1.54, 1.807) is 63.2 Å². The van der Waals surface area contributed by atoms with E-state index >= 15 is 0 Å². The highest BCUT2D eigenvalue weighted by Crippen LogP contribution is 2.16. The molecule has 0 aliphatic heterocycles. The van der Waals surface area contributed by atoms with Crippen LogP contribution in [0, 0.1) is 0 Å². The lowest BCUT2D eigenvalue weighted by molar-refractivity contribution is -0.131. The molecule has 0 heterocycles. The summed E-state index contributed by atoms with van der Waals surface area (Å²) in [6.07, 6.45) is -0.439. The summed E-state index contributed by atoms with van der Waals surface area (Å²) in [7, 11) is 0. The van der Waals surface area contributed by atoms with E-state index in [9.17, 15) is 19.2 Å². The van der Waals surface area contributed by atoms with E-state index in [0.717, 1.165) is 5.56 Å². The second-order valence-electron chi connectivity index (χ2n) is 8.23. The number of hydrogen-bond acceptors (Lipinski definition) is 6. The number of esters is 1. The molecule has 0 radical (unpaired) electrons. The molecule has 2 aromatic carbocycles. The van der Waals surface area contributed by atoms with Crippen LogP contribution in [0.15, 0.2) is 48.5 Å². The van der Waals surface area contributed by atoms with E-state index in [1.807, 2.05) is 0 Å². The number of anilines is 1. The maximum atomic E-state index is 12.4. The monoisotopic (exact) mass is 455 g/mol. The number of carbonyl (C=O) groups excluding carboxylic acids is 4. The number of amides is 3. The Bertz CT molecular complexity index is 996. The fraction of sp³-hybridized carbons (Fsp3) is 0.333. The van der Waals surface area contributed by atoms with Gasteiger partial charge in [-0.3, -0.25) is 14.4 Å². The van der Waals surface area contributed by atoms with Gasteiger partial charge in [0.15, 0.2) is 0 Å². The third-order valence-corrected chi connectivity index (χ3v) is 4.08. The topological polar surface area (TPSA) is 123 Å². The van der Waals surface area contributed by atoms with Crippen molar-refractivity contribution >= 4 is 29.6 Å². The number of ether oxygens (including phenoxy) is 2. The van der Waals surface area contributed by atoms with Crippen molar-refractivity contribution in [2.75, 3.05) is 11.9 Å². The smallest absolute Gasteiger partial charge is 0.407 e. The second kappa shape index (κ2) is 11.7. The van der Waals surface area contributed by atoms with Gasteiger partial charge in [-0.05, 0) is 56.7 Å². The molecule has 2 rings (SSSR count). The van der Waals surface area contributed by atoms with Gasteiger partial charge in [-0.15, -0.1) is 0 Å². The van der Waals surface area contributed by atoms with Gasteiger partial charge in [-0.25, -0.2) is 4.79 Å². The Labute approximate surface area is 192 Å². The van der Waals surface area contributed by atoms with Gasteiger partial charge in [0.05, 0.1) is 0 Å². The molecule has 0 bridgehead atoms. The van der Waals surface area contributed by atoms with Crippen molar-refractivity contribution in [2.45, 2.75) is 46.3 Å². The number of alkyl carbamates (subject to hydrolysis) is 1. The highest BCUT2D eigenvalue weighted by Gasteiger charge is 2.16. The first-order valence-electron chi connectivity index (χ1n) is 10.4. The quantitative estimate of drug-likeness (QED) is 0.414. The van der Waals surface area contributed by atoms with Crippen LogP contribution in [-0.4, -0.2) is 36.0 Å². The summed E-state index contributed by atoms with van der Waals surface area (Å²) in [6.45, 7) is 7.06. The van der Waals surface area contributed by atoms with Gasteiger partial charge >= 0.3 is 12.1 Å². The summed E-state index contributed by atoms with van der Waals surface area (Å²) in [5.74, 6) is -0.726. The zero-order valence-electron chi connectivity index (χ0n) is 19.2. The minimum atomic E-state index is -0.591. The molecule has 0 aromatic heterocycles. The van der Waals surface area contributed by atoms with E-state index < -0.39 is 17.7 Å². The molecule has 176 valence electrons. The summed E-state index contributed by atoms with van der Waals surface area (Å²) in [4.78, 5) is 47.0. The molecule has 0 fully saturated rings. The van der Waals surface area contributed by atoms with Crippen LogP contribution in [0.25, 0.3) is 0 Å². The summed E-state index contributed by atoms with van der Waals surface area (Å²) >= 11 is 0. The Morgan fingerprint density at radius 3 is 2.27 bits per heavy atom. The molecular formula is C24H29N3O6. The van der Waals surface area contributed by atoms with Crippen LogP contribution in [0.3, 0.4) is 0 Å². The summed E-state index contributed by atoms with van der Waals surface area (Å²) in [5.41, 5.74) is 1.18. The van der Waals surface area contributed by atoms with Gasteiger partial charge in [0, 0.05) is 37.7 Å². The van der Waals surface area contributed by atoms with Gasteiger partial charge in [0.1, 0.15) is 11.4 Å². The lowest BCUT2D eigenvalue weighted by atomic mass is 10.1. The van der Waals surface area contributed by atoms with Gasteiger partial charge in [-0.2, -0.15) is 0 Å². The van der Waals surface area contributed by atoms with Crippen LogP contribution in [0.1, 0.15) is 50.0 Å². The first-order valence-corrected chi connectivity index (χ1v) is 10.4. The van der Waals surface area contributed by atoms with Gasteiger partial charge in [0.25, 0.3) is 5.91 Å². The fourth-order valence-corrected chi connectivity index (χ4v) is 2.66. The Balaban J connectivity index is 1.77. The minimum absolute atomic E-state index is 0.125. The first-order chi connectivity index (χ1) is 15.5. The molecule has 0 atom stereocenters. The van der Waals surface area contributed by atoms with E-state index in [4.69, 9.17) is 9.47 Å². The standard InChI is InChI=1S/C24H29N3O6/c1-16(28)32-20-7-5-6-18(14-20)22(30)27-19-10-8-17(9-11-19)15-26-21(29)12-13-25-23(31)33-24(2,3)4/h5-11,14H,12-13,15H2,1-4H3,(H,25,31)(H,26,29)(H,27,30). The van der Waals surface area contributed by atoms with Gasteiger partial charge in [0.2, 0.25) is 5.91 Å². The molecule has 0 aliphatic rings. The van der Waals surface area contributed by atoms with Crippen molar-refractivity contribution in [3.8, 4) is 5.75 Å². The van der Waals surface area contributed by atoms with Crippen LogP contribution >= 0.6 is 0 Å². The molecule has 0 saturated carbocycles. The molecule has 3 N–H and O–H groups in total. The van der Waals surface area contributed by atoms with Crippen molar-refractivity contribution in [1.82, 2.24) is 10.6 Å². The Morgan fingerprint density at radius 2 is 1.64 bits per heavy atom. The van der Waals surface area contributed by atoms with Crippen LogP contribution in [-0.2, 0) is 20.9 Å². The fourth-order valence-electron chi connectivity index (χ4n) is 2.66. The molecule has 2 aromatic rings. The maximum absolute atomic E-state index is 12.4. The van der Waals surface area contributed by atoms with Crippen molar-refractivity contribution in [2.24, 2.45) is 0 Å². The predicted molar refractivity (Wildman–Crippen MR) is 123 cm³/mol. The summed E-state index contributed by atoms with van der Waals surface area (Å²) in [6, 6.07) is 13.3. The molecule has 0 unspecified atom stereocenters. The normalized spacial score (nSPS) is 10.7. The van der Waals surface area contributed by atoms with Crippen LogP contribution < -0.4 is 20.7 Å². The summed E-state index contributed by atoms with van der Waals surface area (Å²) < 4.78 is 10.1. The Hall–Kier alpha value is -3.88. The van der Waals surface area contributed by atoms with Crippen LogP contribution in [0.2, 0.25) is 0 Å². The molecule has 9 nitrogen and oxygen atoms in total. The molecule has 0 aliphatic carbocycles. The summed E-state index contributed by atoms with van der Waals surface area (Å²) in [5, 5.41) is 8.07. The van der Waals surface area contributed by atoms with Crippen molar-refractivity contribution in [3.05, 3.63) is 59.7 Å². The zero-order chi connectivity index (χ0) is 24.4. The molecule has 0 spiro atoms. The number of hydrogen-bond donors (Lipinski definition) is 3. The minimum Gasteiger partial charge on any atom is -0.444 e. The van der Waals surface area contributed by atoms with Crippen LogP contribution in [0.5, 0.6) is 5.75 Å². The van der Waals surface area contributed by atoms with Crippen molar-refractivity contribution < 1.29 is 28.7 Å². The first kappa shape index (κ1) is 25.4. The number of benzene rings is 2. The molecule has 3 amide bonds. The third-order valence-electron chi connectivity index (χ3n) is 4.08. The van der Waals surface area contributed by atoms with Crippen molar-refractivity contribution in [3.63, 3.8) is 0 Å². The van der Waals surface area contributed by atoms with Crippen molar-refractivity contribution in [1.29, 1.82) is 0 Å². The SMILES string of the molecule is CC(=O)Oc1cccc(C(=O)Nc2ccc(CNC(=O)CCNC(=O)OC(C)(C)C)cc2)c1. The van der Waals surface area contributed by atoms with Gasteiger partial charge in [-0.1, -0.05) is 18.2 Å². The highest BCUT2D eigenvalue weighted by molar-refractivity contribution is 6.04. The van der Waals surface area contributed by atoms with E-state index in [0.29, 0.717) is 23.5 Å². The second-order valence-corrected chi connectivity index (χ2v) is 8.23. The Kier molecular flexibility index (Phi) is 8.97. The molecule has 9 heteroatoms. The largest absolute Gasteiger partial charge is 0.444 e. The average molecular weight is 456 g/mol. The van der Waals surface area contributed by atoms with Gasteiger partial charge < -0.3 is 25.4 Å². The number of carbonyl (C=O) groups is 4. The highest BCUT2D eigenvalue weighted by atomic mass is 16.6. The van der Waals surface area contributed by atoms with Crippen LogP contribution in [0.4, 0.5) is 10.5 Å². The number of rotatable bonds is 8. The maximum Gasteiger partial charge on any atom is 0.407 e.